The third kappa shape index (κ3) is 8.21. The lowest BCUT2D eigenvalue weighted by molar-refractivity contribution is -0.128. The number of amides is 4. The van der Waals surface area contributed by atoms with Crippen molar-refractivity contribution in [3.63, 3.8) is 0 Å². The first-order valence-corrected chi connectivity index (χ1v) is 11.4. The second-order valence-corrected chi connectivity index (χ2v) is 9.14. The zero-order valence-electron chi connectivity index (χ0n) is 18.2. The van der Waals surface area contributed by atoms with Crippen LogP contribution in [-0.4, -0.2) is 36.5 Å². The Hall–Kier alpha value is -2.50. The molecular weight excluding hydrogens is 453 g/mol. The van der Waals surface area contributed by atoms with Crippen molar-refractivity contribution >= 4 is 41.0 Å². The maximum Gasteiger partial charge on any atom is 0.315 e. The van der Waals surface area contributed by atoms with E-state index in [4.69, 9.17) is 23.2 Å². The van der Waals surface area contributed by atoms with Gasteiger partial charge in [-0.15, -0.1) is 0 Å². The van der Waals surface area contributed by atoms with Gasteiger partial charge in [-0.2, -0.15) is 5.26 Å². The Kier molecular flexibility index (Phi) is 10.1. The molecule has 1 heterocycles. The minimum atomic E-state index is -0.827. The van der Waals surface area contributed by atoms with Crippen molar-refractivity contribution in [1.82, 2.24) is 21.3 Å². The molecule has 1 fully saturated rings. The standard InChI is InChI=1S/C22H29Cl2N5O3/c1-13(2)8-19(29-22(32)27-12-15-5-6-16(23)10-18(15)24)21(31)28-17(11-25)9-14-4-3-7-26-20(14)30/h5-6,10,13-14,17,19H,3-4,7-9,12H2,1-2H3,(H,26,30)(H,28,31)(H2,27,29,32)/t14-,17-,19-/m0/s1. The van der Waals surface area contributed by atoms with Crippen LogP contribution in [-0.2, 0) is 16.1 Å². The number of carbonyl (C=O) groups excluding carboxylic acids is 3. The number of halogens is 2. The van der Waals surface area contributed by atoms with Crippen LogP contribution in [0.5, 0.6) is 0 Å². The smallest absolute Gasteiger partial charge is 0.315 e. The van der Waals surface area contributed by atoms with Crippen molar-refractivity contribution in [1.29, 1.82) is 5.26 Å². The molecule has 1 aromatic carbocycles. The first kappa shape index (κ1) is 25.8. The molecule has 0 aliphatic carbocycles. The number of benzene rings is 1. The van der Waals surface area contributed by atoms with E-state index in [1.807, 2.05) is 13.8 Å². The molecule has 0 bridgehead atoms. The molecular formula is C22H29Cl2N5O3. The summed E-state index contributed by atoms with van der Waals surface area (Å²) >= 11 is 12.0. The van der Waals surface area contributed by atoms with Crippen LogP contribution in [0.3, 0.4) is 0 Å². The normalized spacial score (nSPS) is 17.6. The van der Waals surface area contributed by atoms with Crippen LogP contribution in [0.1, 0.15) is 45.1 Å². The first-order chi connectivity index (χ1) is 15.2. The van der Waals surface area contributed by atoms with Gasteiger partial charge in [0.05, 0.1) is 6.07 Å². The number of nitrogens with zero attached hydrogens (tertiary/aromatic N) is 1. The van der Waals surface area contributed by atoms with Crippen LogP contribution in [0.25, 0.3) is 0 Å². The highest BCUT2D eigenvalue weighted by Gasteiger charge is 2.29. The van der Waals surface area contributed by atoms with E-state index < -0.39 is 24.0 Å². The summed E-state index contributed by atoms with van der Waals surface area (Å²) in [5.74, 6) is -0.733. The quantitative estimate of drug-likeness (QED) is 0.432. The molecule has 4 amide bonds. The molecule has 0 spiro atoms. The topological polar surface area (TPSA) is 123 Å². The molecule has 1 aliphatic rings. The molecule has 0 unspecified atom stereocenters. The summed E-state index contributed by atoms with van der Waals surface area (Å²) in [6, 6.07) is 4.85. The van der Waals surface area contributed by atoms with Gasteiger partial charge in [0, 0.05) is 29.1 Å². The van der Waals surface area contributed by atoms with E-state index in [1.54, 1.807) is 18.2 Å². The highest BCUT2D eigenvalue weighted by atomic mass is 35.5. The number of hydrogen-bond donors (Lipinski definition) is 4. The van der Waals surface area contributed by atoms with Crippen LogP contribution in [0.4, 0.5) is 4.79 Å². The van der Waals surface area contributed by atoms with Gasteiger partial charge in [-0.25, -0.2) is 4.79 Å². The van der Waals surface area contributed by atoms with Crippen molar-refractivity contribution in [3.05, 3.63) is 33.8 Å². The second-order valence-electron chi connectivity index (χ2n) is 8.30. The van der Waals surface area contributed by atoms with Crippen molar-refractivity contribution < 1.29 is 14.4 Å². The lowest BCUT2D eigenvalue weighted by Crippen LogP contribution is -2.52. The van der Waals surface area contributed by atoms with Gasteiger partial charge < -0.3 is 21.3 Å². The predicted molar refractivity (Wildman–Crippen MR) is 123 cm³/mol. The molecule has 0 aromatic heterocycles. The maximum atomic E-state index is 12.8. The summed E-state index contributed by atoms with van der Waals surface area (Å²) in [6.07, 6.45) is 2.16. The van der Waals surface area contributed by atoms with E-state index in [1.165, 1.54) is 0 Å². The van der Waals surface area contributed by atoms with Gasteiger partial charge in [-0.3, -0.25) is 9.59 Å². The van der Waals surface area contributed by atoms with E-state index in [0.29, 0.717) is 35.0 Å². The second kappa shape index (κ2) is 12.5. The zero-order valence-corrected chi connectivity index (χ0v) is 19.7. The number of rotatable bonds is 9. The minimum Gasteiger partial charge on any atom is -0.356 e. The number of hydrogen-bond acceptors (Lipinski definition) is 4. The summed E-state index contributed by atoms with van der Waals surface area (Å²) in [6.45, 7) is 4.66. The highest BCUT2D eigenvalue weighted by molar-refractivity contribution is 6.35. The molecule has 174 valence electrons. The van der Waals surface area contributed by atoms with Crippen LogP contribution in [0.15, 0.2) is 18.2 Å². The zero-order chi connectivity index (χ0) is 23.7. The van der Waals surface area contributed by atoms with Crippen molar-refractivity contribution in [2.24, 2.45) is 11.8 Å². The molecule has 10 heteroatoms. The Morgan fingerprint density at radius 3 is 2.66 bits per heavy atom. The fraction of sp³-hybridized carbons (Fsp3) is 0.545. The van der Waals surface area contributed by atoms with Crippen LogP contribution >= 0.6 is 23.2 Å². The molecule has 1 saturated heterocycles. The maximum absolute atomic E-state index is 12.8. The van der Waals surface area contributed by atoms with Gasteiger partial charge in [-0.1, -0.05) is 43.1 Å². The Morgan fingerprint density at radius 1 is 1.28 bits per heavy atom. The Labute approximate surface area is 198 Å². The number of nitriles is 1. The molecule has 0 radical (unpaired) electrons. The van der Waals surface area contributed by atoms with Gasteiger partial charge in [0.25, 0.3) is 0 Å². The molecule has 3 atom stereocenters. The number of urea groups is 1. The van der Waals surface area contributed by atoms with Gasteiger partial charge in [0.2, 0.25) is 11.8 Å². The number of piperidine rings is 1. The third-order valence-electron chi connectivity index (χ3n) is 5.18. The molecule has 1 aliphatic heterocycles. The first-order valence-electron chi connectivity index (χ1n) is 10.7. The summed E-state index contributed by atoms with van der Waals surface area (Å²) in [4.78, 5) is 37.2. The minimum absolute atomic E-state index is 0.0946. The van der Waals surface area contributed by atoms with E-state index in [9.17, 15) is 19.6 Å². The Morgan fingerprint density at radius 2 is 2.03 bits per heavy atom. The number of carbonyl (C=O) groups is 3. The Bertz CT molecular complexity index is 872. The van der Waals surface area contributed by atoms with Gasteiger partial charge in [-0.05, 0) is 49.3 Å². The van der Waals surface area contributed by atoms with Crippen LogP contribution in [0, 0.1) is 23.2 Å². The predicted octanol–water partition coefficient (Wildman–Crippen LogP) is 3.13. The summed E-state index contributed by atoms with van der Waals surface area (Å²) in [5.41, 5.74) is 0.686. The van der Waals surface area contributed by atoms with E-state index >= 15 is 0 Å². The molecule has 1 aromatic rings. The Balaban J connectivity index is 1.94. The fourth-order valence-corrected chi connectivity index (χ4v) is 3.99. The van der Waals surface area contributed by atoms with Crippen LogP contribution < -0.4 is 21.3 Å². The van der Waals surface area contributed by atoms with E-state index in [2.05, 4.69) is 27.3 Å². The molecule has 2 rings (SSSR count). The van der Waals surface area contributed by atoms with Gasteiger partial charge in [0.15, 0.2) is 0 Å². The van der Waals surface area contributed by atoms with Crippen molar-refractivity contribution in [2.75, 3.05) is 6.54 Å². The molecule has 8 nitrogen and oxygen atoms in total. The molecule has 0 saturated carbocycles. The van der Waals surface area contributed by atoms with Gasteiger partial charge in [0.1, 0.15) is 12.1 Å². The third-order valence-corrected chi connectivity index (χ3v) is 5.76. The van der Waals surface area contributed by atoms with Crippen LogP contribution in [0.2, 0.25) is 10.0 Å². The SMILES string of the molecule is CC(C)C[C@H](NC(=O)NCc1ccc(Cl)cc1Cl)C(=O)N[C@H](C#N)C[C@@H]1CCCNC1=O. The average Bonchev–Trinajstić information content (AvgIpc) is 2.73. The summed E-state index contributed by atoms with van der Waals surface area (Å²) in [7, 11) is 0. The highest BCUT2D eigenvalue weighted by Crippen LogP contribution is 2.21. The number of nitrogens with one attached hydrogen (secondary N) is 4. The largest absolute Gasteiger partial charge is 0.356 e. The summed E-state index contributed by atoms with van der Waals surface area (Å²) < 4.78 is 0. The summed E-state index contributed by atoms with van der Waals surface area (Å²) in [5, 5.41) is 21.2. The van der Waals surface area contributed by atoms with E-state index in [0.717, 1.165) is 6.42 Å². The van der Waals surface area contributed by atoms with E-state index in [-0.39, 0.29) is 30.7 Å². The fourth-order valence-electron chi connectivity index (χ4n) is 3.51. The van der Waals surface area contributed by atoms with Crippen molar-refractivity contribution in [3.8, 4) is 6.07 Å². The average molecular weight is 482 g/mol. The van der Waals surface area contributed by atoms with Gasteiger partial charge >= 0.3 is 6.03 Å². The lowest BCUT2D eigenvalue weighted by Gasteiger charge is -2.26. The molecule has 32 heavy (non-hydrogen) atoms. The lowest BCUT2D eigenvalue weighted by atomic mass is 9.91. The van der Waals surface area contributed by atoms with Crippen molar-refractivity contribution in [2.45, 2.75) is 58.2 Å². The molecule has 4 N–H and O–H groups in total. The monoisotopic (exact) mass is 481 g/mol.